The normalized spacial score (nSPS) is 12.6. The van der Waals surface area contributed by atoms with Crippen molar-refractivity contribution in [1.82, 2.24) is 10.6 Å². The largest absolute Gasteiger partial charge is 0.461 e. The minimum absolute atomic E-state index is 0.0113. The lowest BCUT2D eigenvalue weighted by Crippen LogP contribution is -2.46. The third-order valence-electron chi connectivity index (χ3n) is 5.98. The highest BCUT2D eigenvalue weighted by Crippen LogP contribution is 2.18. The van der Waals surface area contributed by atoms with Crippen LogP contribution in [0.15, 0.2) is 65.8 Å². The van der Waals surface area contributed by atoms with E-state index in [2.05, 4.69) is 20.7 Å². The van der Waals surface area contributed by atoms with Gasteiger partial charge in [-0.05, 0) is 23.1 Å². The van der Waals surface area contributed by atoms with Crippen molar-refractivity contribution in [3.8, 4) is 0 Å². The third kappa shape index (κ3) is 14.3. The van der Waals surface area contributed by atoms with E-state index in [-0.39, 0.29) is 58.8 Å². The predicted molar refractivity (Wildman–Crippen MR) is 151 cm³/mol. The monoisotopic (exact) mass is 583 g/mol. The molecular formula is C29H37N5O8. The molecule has 0 aromatic heterocycles. The molecule has 42 heavy (non-hydrogen) atoms. The number of nitrogens with zero attached hydrogens (tertiary/aromatic N) is 3. The molecule has 0 aliphatic carbocycles. The van der Waals surface area contributed by atoms with Crippen molar-refractivity contribution in [3.05, 3.63) is 82.2 Å². The van der Waals surface area contributed by atoms with Crippen LogP contribution >= 0.6 is 0 Å². The Morgan fingerprint density at radius 1 is 0.905 bits per heavy atom. The second kappa shape index (κ2) is 19.6. The standard InChI is InChI=1S/C29H37N5O8/c1-21(35)33-25(18-28(38)42-20-23-10-6-3-7-11-23)26(36)16-24(29(39)31-12-14-40-15-13-32-34-30)17-27(37)41-19-22-8-4-2-5-9-22/h2-11,24-26,36H,12-20H2,1H3,(H,31,39)(H,33,35)/t24-,25+,26?/m0/s1. The first-order valence-corrected chi connectivity index (χ1v) is 13.5. The van der Waals surface area contributed by atoms with Crippen molar-refractivity contribution in [2.45, 2.75) is 51.5 Å². The Morgan fingerprint density at radius 2 is 1.48 bits per heavy atom. The molecule has 3 N–H and O–H groups in total. The van der Waals surface area contributed by atoms with Gasteiger partial charge in [0.2, 0.25) is 11.8 Å². The highest BCUT2D eigenvalue weighted by Gasteiger charge is 2.31. The number of hydrogen-bond donors (Lipinski definition) is 3. The van der Waals surface area contributed by atoms with Gasteiger partial charge >= 0.3 is 11.9 Å². The number of nitrogens with one attached hydrogen (secondary N) is 2. The smallest absolute Gasteiger partial charge is 0.308 e. The van der Waals surface area contributed by atoms with Crippen LogP contribution in [0.4, 0.5) is 0 Å². The van der Waals surface area contributed by atoms with E-state index in [9.17, 15) is 24.3 Å². The summed E-state index contributed by atoms with van der Waals surface area (Å²) >= 11 is 0. The highest BCUT2D eigenvalue weighted by molar-refractivity contribution is 5.84. The van der Waals surface area contributed by atoms with Crippen LogP contribution in [-0.4, -0.2) is 67.3 Å². The highest BCUT2D eigenvalue weighted by atomic mass is 16.5. The predicted octanol–water partition coefficient (Wildman–Crippen LogP) is 2.57. The number of benzene rings is 2. The van der Waals surface area contributed by atoms with E-state index < -0.39 is 41.8 Å². The molecule has 0 aliphatic heterocycles. The van der Waals surface area contributed by atoms with Crippen LogP contribution in [0.5, 0.6) is 0 Å². The molecule has 0 saturated heterocycles. The summed E-state index contributed by atoms with van der Waals surface area (Å²) in [5.41, 5.74) is 9.84. The Hall–Kier alpha value is -4.45. The SMILES string of the molecule is CC(=O)N[C@H](CC(=O)OCc1ccccc1)C(O)C[C@@H](CC(=O)OCc1ccccc1)C(=O)NCCOCCN=[N+]=[N-]. The van der Waals surface area contributed by atoms with Crippen LogP contribution < -0.4 is 10.6 Å². The maximum absolute atomic E-state index is 13.0. The molecule has 13 nitrogen and oxygen atoms in total. The summed E-state index contributed by atoms with van der Waals surface area (Å²) in [5.74, 6) is -3.38. The topological polar surface area (TPSA) is 189 Å². The van der Waals surface area contributed by atoms with Gasteiger partial charge in [-0.2, -0.15) is 0 Å². The zero-order valence-electron chi connectivity index (χ0n) is 23.5. The van der Waals surface area contributed by atoms with Gasteiger partial charge in [-0.3, -0.25) is 19.2 Å². The van der Waals surface area contributed by atoms with Gasteiger partial charge in [0, 0.05) is 24.9 Å². The summed E-state index contributed by atoms with van der Waals surface area (Å²) < 4.78 is 15.9. The molecule has 13 heteroatoms. The molecule has 0 saturated carbocycles. The molecule has 0 radical (unpaired) electrons. The van der Waals surface area contributed by atoms with Crippen molar-refractivity contribution in [2.75, 3.05) is 26.3 Å². The molecule has 2 amide bonds. The van der Waals surface area contributed by atoms with Gasteiger partial charge < -0.3 is 30.0 Å². The van der Waals surface area contributed by atoms with Gasteiger partial charge in [0.1, 0.15) is 13.2 Å². The van der Waals surface area contributed by atoms with E-state index in [0.29, 0.717) is 0 Å². The van der Waals surface area contributed by atoms with Crippen LogP contribution in [0.3, 0.4) is 0 Å². The fourth-order valence-electron chi connectivity index (χ4n) is 3.90. The van der Waals surface area contributed by atoms with Crippen LogP contribution in [0.1, 0.15) is 37.3 Å². The van der Waals surface area contributed by atoms with Gasteiger partial charge in [-0.15, -0.1) is 0 Å². The zero-order chi connectivity index (χ0) is 30.6. The summed E-state index contributed by atoms with van der Waals surface area (Å²) in [6.45, 7) is 1.81. The molecule has 1 unspecified atom stereocenters. The zero-order valence-corrected chi connectivity index (χ0v) is 23.5. The van der Waals surface area contributed by atoms with Crippen LogP contribution in [0.2, 0.25) is 0 Å². The van der Waals surface area contributed by atoms with Gasteiger partial charge in [-0.1, -0.05) is 65.8 Å². The number of amides is 2. The number of azide groups is 1. The third-order valence-corrected chi connectivity index (χ3v) is 5.98. The van der Waals surface area contributed by atoms with E-state index in [1.165, 1.54) is 6.92 Å². The van der Waals surface area contributed by atoms with Crippen LogP contribution in [0, 0.1) is 5.92 Å². The number of hydrogen-bond acceptors (Lipinski definition) is 9. The molecule has 226 valence electrons. The van der Waals surface area contributed by atoms with Gasteiger partial charge in [0.05, 0.1) is 44.1 Å². The molecule has 3 atom stereocenters. The van der Waals surface area contributed by atoms with E-state index in [4.69, 9.17) is 19.7 Å². The average molecular weight is 584 g/mol. The van der Waals surface area contributed by atoms with Gasteiger partial charge in [-0.25, -0.2) is 0 Å². The minimum atomic E-state index is -1.36. The van der Waals surface area contributed by atoms with Crippen molar-refractivity contribution < 1.29 is 38.5 Å². The fraction of sp³-hybridized carbons (Fsp3) is 0.448. The summed E-state index contributed by atoms with van der Waals surface area (Å²) in [6.07, 6.45) is -2.31. The second-order valence-corrected chi connectivity index (χ2v) is 9.37. The molecule has 0 fully saturated rings. The van der Waals surface area contributed by atoms with Crippen molar-refractivity contribution in [2.24, 2.45) is 11.0 Å². The number of carbonyl (C=O) groups excluding carboxylic acids is 4. The summed E-state index contributed by atoms with van der Waals surface area (Å²) in [4.78, 5) is 52.6. The van der Waals surface area contributed by atoms with Crippen molar-refractivity contribution >= 4 is 23.8 Å². The number of aliphatic hydroxyl groups excluding tert-OH is 1. The molecule has 0 aliphatic rings. The Balaban J connectivity index is 2.01. The molecule has 2 rings (SSSR count). The maximum atomic E-state index is 13.0. The van der Waals surface area contributed by atoms with Gasteiger partial charge in [0.25, 0.3) is 0 Å². The Labute approximate surface area is 244 Å². The number of rotatable bonds is 19. The first-order chi connectivity index (χ1) is 20.3. The van der Waals surface area contributed by atoms with E-state index in [1.807, 2.05) is 12.1 Å². The molecule has 0 bridgehead atoms. The van der Waals surface area contributed by atoms with Crippen LogP contribution in [-0.2, 0) is 46.6 Å². The summed E-state index contributed by atoms with van der Waals surface area (Å²) in [6, 6.07) is 17.0. The van der Waals surface area contributed by atoms with E-state index >= 15 is 0 Å². The van der Waals surface area contributed by atoms with Gasteiger partial charge in [0.15, 0.2) is 0 Å². The Kier molecular flexibility index (Phi) is 15.7. The number of esters is 2. The maximum Gasteiger partial charge on any atom is 0.308 e. The number of ether oxygens (including phenoxy) is 3. The first-order valence-electron chi connectivity index (χ1n) is 13.5. The number of aliphatic hydroxyl groups is 1. The average Bonchev–Trinajstić information content (AvgIpc) is 2.98. The van der Waals surface area contributed by atoms with E-state index in [1.54, 1.807) is 48.5 Å². The molecule has 2 aromatic carbocycles. The lowest BCUT2D eigenvalue weighted by molar-refractivity contribution is -0.149. The quantitative estimate of drug-likeness (QED) is 0.0739. The second-order valence-electron chi connectivity index (χ2n) is 9.37. The molecule has 0 spiro atoms. The Bertz CT molecular complexity index is 1180. The fourth-order valence-corrected chi connectivity index (χ4v) is 3.90. The van der Waals surface area contributed by atoms with Crippen molar-refractivity contribution in [3.63, 3.8) is 0 Å². The summed E-state index contributed by atoms with van der Waals surface area (Å²) in [7, 11) is 0. The summed E-state index contributed by atoms with van der Waals surface area (Å²) in [5, 5.41) is 19.5. The minimum Gasteiger partial charge on any atom is -0.461 e. The first kappa shape index (κ1) is 33.8. The molecule has 0 heterocycles. The lowest BCUT2D eigenvalue weighted by atomic mass is 9.92. The number of carbonyl (C=O) groups is 4. The Morgan fingerprint density at radius 3 is 2.02 bits per heavy atom. The van der Waals surface area contributed by atoms with E-state index in [0.717, 1.165) is 11.1 Å². The van der Waals surface area contributed by atoms with Crippen molar-refractivity contribution in [1.29, 1.82) is 0 Å². The van der Waals surface area contributed by atoms with Crippen LogP contribution in [0.25, 0.3) is 10.4 Å². The lowest BCUT2D eigenvalue weighted by Gasteiger charge is -2.26. The molecular weight excluding hydrogens is 546 g/mol. The molecule has 2 aromatic rings.